The zero-order valence-corrected chi connectivity index (χ0v) is 12.0. The third kappa shape index (κ3) is 3.05. The van der Waals surface area contributed by atoms with Gasteiger partial charge >= 0.3 is 10.1 Å². The van der Waals surface area contributed by atoms with E-state index >= 15 is 0 Å². The molecule has 0 radical (unpaired) electrons. The van der Waals surface area contributed by atoms with Crippen LogP contribution in [0.1, 0.15) is 22.8 Å². The number of carbonyl (C=O) groups is 1. The average Bonchev–Trinajstić information content (AvgIpc) is 2.41. The number of carbonyl (C=O) groups excluding carboxylic acids is 1. The van der Waals surface area contributed by atoms with Gasteiger partial charge in [0.15, 0.2) is 5.78 Å². The van der Waals surface area contributed by atoms with Crippen molar-refractivity contribution < 1.29 is 17.4 Å². The molecule has 2 rings (SSSR count). The van der Waals surface area contributed by atoms with Gasteiger partial charge in [0.2, 0.25) is 0 Å². The number of hydrogen-bond donors (Lipinski definition) is 0. The first-order chi connectivity index (χ1) is 9.40. The Morgan fingerprint density at radius 1 is 1.05 bits per heavy atom. The first-order valence-electron chi connectivity index (χ1n) is 6.01. The molecule has 0 aromatic heterocycles. The monoisotopic (exact) mass is 290 g/mol. The second kappa shape index (κ2) is 5.46. The molecule has 5 heteroatoms. The average molecular weight is 290 g/mol. The Labute approximate surface area is 118 Å². The summed E-state index contributed by atoms with van der Waals surface area (Å²) in [6.45, 7) is 3.14. The Kier molecular flexibility index (Phi) is 3.90. The van der Waals surface area contributed by atoms with Crippen LogP contribution in [0.15, 0.2) is 53.4 Å². The zero-order valence-electron chi connectivity index (χ0n) is 11.2. The molecular weight excluding hydrogens is 276 g/mol. The zero-order chi connectivity index (χ0) is 14.8. The number of hydrogen-bond acceptors (Lipinski definition) is 4. The van der Waals surface area contributed by atoms with Gasteiger partial charge in [0.1, 0.15) is 10.6 Å². The van der Waals surface area contributed by atoms with Crippen molar-refractivity contribution >= 4 is 15.9 Å². The normalized spacial score (nSPS) is 11.1. The topological polar surface area (TPSA) is 60.4 Å². The third-order valence-corrected chi connectivity index (χ3v) is 4.05. The van der Waals surface area contributed by atoms with Gasteiger partial charge in [0.05, 0.1) is 0 Å². The quantitative estimate of drug-likeness (QED) is 0.641. The van der Waals surface area contributed by atoms with E-state index in [1.165, 1.54) is 25.1 Å². The molecule has 4 nitrogen and oxygen atoms in total. The number of rotatable bonds is 4. The van der Waals surface area contributed by atoms with Gasteiger partial charge in [-0.3, -0.25) is 4.79 Å². The number of benzene rings is 2. The molecule has 0 aliphatic carbocycles. The predicted molar refractivity (Wildman–Crippen MR) is 75.4 cm³/mol. The van der Waals surface area contributed by atoms with Crippen molar-refractivity contribution in [1.29, 1.82) is 0 Å². The van der Waals surface area contributed by atoms with Crippen LogP contribution in [-0.2, 0) is 10.1 Å². The molecule has 0 aliphatic heterocycles. The largest absolute Gasteiger partial charge is 0.379 e. The molecular formula is C15H14O4S. The number of Topliss-reactive ketones (excluding diaryl/α,β-unsaturated/α-hetero) is 1. The van der Waals surface area contributed by atoms with Crippen LogP contribution >= 0.6 is 0 Å². The van der Waals surface area contributed by atoms with Crippen molar-refractivity contribution in [2.24, 2.45) is 0 Å². The van der Waals surface area contributed by atoms with Crippen LogP contribution in [0.5, 0.6) is 5.75 Å². The van der Waals surface area contributed by atoms with Crippen molar-refractivity contribution in [2.45, 2.75) is 18.7 Å². The highest BCUT2D eigenvalue weighted by Crippen LogP contribution is 2.22. The van der Waals surface area contributed by atoms with E-state index in [0.717, 1.165) is 5.56 Å². The fourth-order valence-electron chi connectivity index (χ4n) is 1.69. The van der Waals surface area contributed by atoms with Crippen molar-refractivity contribution in [1.82, 2.24) is 0 Å². The molecule has 0 saturated heterocycles. The second-order valence-corrected chi connectivity index (χ2v) is 5.93. The SMILES string of the molecule is CC(=O)c1cccc(S(=O)(=O)Oc2ccccc2C)c1. The van der Waals surface area contributed by atoms with Gasteiger partial charge in [0, 0.05) is 5.56 Å². The molecule has 0 amide bonds. The van der Waals surface area contributed by atoms with Crippen LogP contribution in [0.4, 0.5) is 0 Å². The van der Waals surface area contributed by atoms with Crippen LogP contribution < -0.4 is 4.18 Å². The molecule has 104 valence electrons. The van der Waals surface area contributed by atoms with E-state index in [0.29, 0.717) is 5.56 Å². The Bertz CT molecular complexity index is 748. The van der Waals surface area contributed by atoms with Crippen LogP contribution in [0.2, 0.25) is 0 Å². The van der Waals surface area contributed by atoms with Crippen LogP contribution in [0.3, 0.4) is 0 Å². The molecule has 0 saturated carbocycles. The van der Waals surface area contributed by atoms with Crippen molar-refractivity contribution in [3.05, 3.63) is 59.7 Å². The Balaban J connectivity index is 2.38. The van der Waals surface area contributed by atoms with Gasteiger partial charge in [-0.2, -0.15) is 8.42 Å². The summed E-state index contributed by atoms with van der Waals surface area (Å²) in [4.78, 5) is 11.3. The summed E-state index contributed by atoms with van der Waals surface area (Å²) < 4.78 is 29.5. The van der Waals surface area contributed by atoms with Gasteiger partial charge in [-0.25, -0.2) is 0 Å². The lowest BCUT2D eigenvalue weighted by Gasteiger charge is -2.09. The highest BCUT2D eigenvalue weighted by atomic mass is 32.2. The molecule has 0 spiro atoms. The number of aryl methyl sites for hydroxylation is 1. The predicted octanol–water partition coefficient (Wildman–Crippen LogP) is 2.97. The lowest BCUT2D eigenvalue weighted by Crippen LogP contribution is -2.11. The first kappa shape index (κ1) is 14.3. The maximum absolute atomic E-state index is 12.2. The highest BCUT2D eigenvalue weighted by molar-refractivity contribution is 7.87. The van der Waals surface area contributed by atoms with E-state index < -0.39 is 10.1 Å². The van der Waals surface area contributed by atoms with Gasteiger partial charge in [-0.15, -0.1) is 0 Å². The van der Waals surface area contributed by atoms with E-state index in [2.05, 4.69) is 0 Å². The van der Waals surface area contributed by atoms with Crippen LogP contribution in [0, 0.1) is 6.92 Å². The molecule has 0 bridgehead atoms. The number of para-hydroxylation sites is 1. The van der Waals surface area contributed by atoms with Gasteiger partial charge in [-0.05, 0) is 37.6 Å². The molecule has 2 aromatic rings. The molecule has 0 aliphatic rings. The minimum Gasteiger partial charge on any atom is -0.379 e. The van der Waals surface area contributed by atoms with Crippen molar-refractivity contribution in [3.63, 3.8) is 0 Å². The minimum atomic E-state index is -3.94. The maximum Gasteiger partial charge on any atom is 0.339 e. The van der Waals surface area contributed by atoms with E-state index in [-0.39, 0.29) is 16.4 Å². The van der Waals surface area contributed by atoms with Gasteiger partial charge in [-0.1, -0.05) is 30.3 Å². The Hall–Kier alpha value is -2.14. The van der Waals surface area contributed by atoms with E-state index in [4.69, 9.17) is 4.18 Å². The fraction of sp³-hybridized carbons (Fsp3) is 0.133. The van der Waals surface area contributed by atoms with Gasteiger partial charge < -0.3 is 4.18 Å². The van der Waals surface area contributed by atoms with Crippen LogP contribution in [-0.4, -0.2) is 14.2 Å². The smallest absolute Gasteiger partial charge is 0.339 e. The Morgan fingerprint density at radius 2 is 1.75 bits per heavy atom. The summed E-state index contributed by atoms with van der Waals surface area (Å²) in [6.07, 6.45) is 0. The molecule has 2 aromatic carbocycles. The van der Waals surface area contributed by atoms with Gasteiger partial charge in [0.25, 0.3) is 0 Å². The summed E-state index contributed by atoms with van der Waals surface area (Å²) in [5.74, 6) is 0.0821. The second-order valence-electron chi connectivity index (χ2n) is 4.39. The molecule has 0 heterocycles. The molecule has 0 atom stereocenters. The van der Waals surface area contributed by atoms with Crippen molar-refractivity contribution in [3.8, 4) is 5.75 Å². The first-order valence-corrected chi connectivity index (χ1v) is 7.42. The minimum absolute atomic E-state index is 0.0338. The van der Waals surface area contributed by atoms with Crippen LogP contribution in [0.25, 0.3) is 0 Å². The third-order valence-electron chi connectivity index (χ3n) is 2.82. The molecule has 0 unspecified atom stereocenters. The summed E-state index contributed by atoms with van der Waals surface area (Å²) in [6, 6.07) is 12.6. The van der Waals surface area contributed by atoms with E-state index in [9.17, 15) is 13.2 Å². The fourth-order valence-corrected chi connectivity index (χ4v) is 2.72. The van der Waals surface area contributed by atoms with E-state index in [1.807, 2.05) is 0 Å². The van der Waals surface area contributed by atoms with E-state index in [1.54, 1.807) is 37.3 Å². The summed E-state index contributed by atoms with van der Waals surface area (Å²) in [5, 5.41) is 0. The lowest BCUT2D eigenvalue weighted by molar-refractivity contribution is 0.101. The summed E-state index contributed by atoms with van der Waals surface area (Å²) in [7, 11) is -3.94. The summed E-state index contributed by atoms with van der Waals surface area (Å²) in [5.41, 5.74) is 1.05. The highest BCUT2D eigenvalue weighted by Gasteiger charge is 2.18. The Morgan fingerprint density at radius 3 is 2.40 bits per heavy atom. The standard InChI is InChI=1S/C15H14O4S/c1-11-6-3-4-9-15(11)19-20(17,18)14-8-5-7-13(10-14)12(2)16/h3-10H,1-2H3. The van der Waals surface area contributed by atoms with Crippen molar-refractivity contribution in [2.75, 3.05) is 0 Å². The molecule has 0 fully saturated rings. The molecule has 0 N–H and O–H groups in total. The number of ketones is 1. The maximum atomic E-state index is 12.2. The summed E-state index contributed by atoms with van der Waals surface area (Å²) >= 11 is 0. The lowest BCUT2D eigenvalue weighted by atomic mass is 10.2. The molecule has 20 heavy (non-hydrogen) atoms.